The van der Waals surface area contributed by atoms with Gasteiger partial charge in [0.15, 0.2) is 6.10 Å². The number of hydrogen-bond acceptors (Lipinski definition) is 3. The molecule has 0 aliphatic rings. The molecule has 1 unspecified atom stereocenters. The molecular formula is C14H19ClN2O2S. The smallest absolute Gasteiger partial charge is 0.263 e. The second-order valence-corrected chi connectivity index (χ2v) is 5.70. The van der Waals surface area contributed by atoms with Gasteiger partial charge >= 0.3 is 0 Å². The van der Waals surface area contributed by atoms with Gasteiger partial charge in [-0.3, -0.25) is 4.79 Å². The standard InChI is InChI=1S/C14H19ClN2O2S/c1-9(2)17(8-13(16)20)14(18)10(3)19-12-6-4-5-11(15)7-12/h4-7,9-10H,8H2,1-3H3,(H2,16,20). The van der Waals surface area contributed by atoms with Crippen LogP contribution in [0.15, 0.2) is 24.3 Å². The summed E-state index contributed by atoms with van der Waals surface area (Å²) in [6.45, 7) is 5.75. The van der Waals surface area contributed by atoms with E-state index < -0.39 is 6.10 Å². The van der Waals surface area contributed by atoms with Gasteiger partial charge in [0.25, 0.3) is 5.91 Å². The number of nitrogens with zero attached hydrogens (tertiary/aromatic N) is 1. The lowest BCUT2D eigenvalue weighted by atomic mass is 10.2. The maximum Gasteiger partial charge on any atom is 0.263 e. The molecule has 0 fully saturated rings. The lowest BCUT2D eigenvalue weighted by molar-refractivity contribution is -0.138. The average Bonchev–Trinajstić information content (AvgIpc) is 2.34. The zero-order chi connectivity index (χ0) is 15.3. The van der Waals surface area contributed by atoms with Crippen molar-refractivity contribution in [1.82, 2.24) is 4.90 Å². The Morgan fingerprint density at radius 1 is 1.45 bits per heavy atom. The summed E-state index contributed by atoms with van der Waals surface area (Å²) in [7, 11) is 0. The van der Waals surface area contributed by atoms with Crippen LogP contribution in [0.3, 0.4) is 0 Å². The fraction of sp³-hybridized carbons (Fsp3) is 0.429. The lowest BCUT2D eigenvalue weighted by Crippen LogP contribution is -2.47. The van der Waals surface area contributed by atoms with Crippen LogP contribution in [0.1, 0.15) is 20.8 Å². The van der Waals surface area contributed by atoms with Crippen LogP contribution < -0.4 is 10.5 Å². The first-order valence-corrected chi connectivity index (χ1v) is 7.11. The van der Waals surface area contributed by atoms with Crippen LogP contribution in [0.2, 0.25) is 5.02 Å². The molecule has 4 nitrogen and oxygen atoms in total. The molecular weight excluding hydrogens is 296 g/mol. The molecule has 0 radical (unpaired) electrons. The average molecular weight is 315 g/mol. The topological polar surface area (TPSA) is 55.6 Å². The van der Waals surface area contributed by atoms with Gasteiger partial charge in [-0.2, -0.15) is 0 Å². The fourth-order valence-electron chi connectivity index (χ4n) is 1.71. The molecule has 2 N–H and O–H groups in total. The molecule has 1 aromatic carbocycles. The third-order valence-electron chi connectivity index (χ3n) is 2.69. The summed E-state index contributed by atoms with van der Waals surface area (Å²) in [5.41, 5.74) is 5.52. The first kappa shape index (κ1) is 16.7. The molecule has 1 aromatic rings. The molecule has 0 saturated carbocycles. The Labute approximate surface area is 129 Å². The van der Waals surface area contributed by atoms with E-state index in [2.05, 4.69) is 0 Å². The highest BCUT2D eigenvalue weighted by atomic mass is 35.5. The molecule has 0 saturated heterocycles. The van der Waals surface area contributed by atoms with Crippen LogP contribution in [0.25, 0.3) is 0 Å². The van der Waals surface area contributed by atoms with Crippen molar-refractivity contribution in [2.24, 2.45) is 5.73 Å². The van der Waals surface area contributed by atoms with Gasteiger partial charge in [0.05, 0.1) is 11.5 Å². The molecule has 110 valence electrons. The minimum atomic E-state index is -0.634. The summed E-state index contributed by atoms with van der Waals surface area (Å²) >= 11 is 10.8. The Morgan fingerprint density at radius 2 is 2.10 bits per heavy atom. The number of halogens is 1. The molecule has 1 atom stereocenters. The number of thiocarbonyl (C=S) groups is 1. The summed E-state index contributed by atoms with van der Waals surface area (Å²) in [5, 5.41) is 0.561. The van der Waals surface area contributed by atoms with Crippen molar-refractivity contribution in [2.45, 2.75) is 32.9 Å². The molecule has 0 spiro atoms. The Morgan fingerprint density at radius 3 is 2.60 bits per heavy atom. The van der Waals surface area contributed by atoms with Gasteiger partial charge in [0.1, 0.15) is 5.75 Å². The normalized spacial score (nSPS) is 12.1. The predicted molar refractivity (Wildman–Crippen MR) is 85.2 cm³/mol. The second-order valence-electron chi connectivity index (χ2n) is 4.74. The maximum atomic E-state index is 12.4. The summed E-state index contributed by atoms with van der Waals surface area (Å²) in [5.74, 6) is 0.394. The molecule has 6 heteroatoms. The maximum absolute atomic E-state index is 12.4. The highest BCUT2D eigenvalue weighted by Crippen LogP contribution is 2.19. The molecule has 0 aliphatic carbocycles. The molecule has 1 rings (SSSR count). The van der Waals surface area contributed by atoms with E-state index in [9.17, 15) is 4.79 Å². The highest BCUT2D eigenvalue weighted by molar-refractivity contribution is 7.80. The number of ether oxygens (including phenoxy) is 1. The van der Waals surface area contributed by atoms with Crippen LogP contribution >= 0.6 is 23.8 Å². The summed E-state index contributed by atoms with van der Waals surface area (Å²) in [6, 6.07) is 6.93. The minimum absolute atomic E-state index is 0.00517. The SMILES string of the molecule is CC(Oc1cccc(Cl)c1)C(=O)N(CC(N)=S)C(C)C. The van der Waals surface area contributed by atoms with Crippen LogP contribution in [-0.4, -0.2) is 34.5 Å². The largest absolute Gasteiger partial charge is 0.481 e. The van der Waals surface area contributed by atoms with Crippen molar-refractivity contribution in [3.8, 4) is 5.75 Å². The number of hydrogen-bond donors (Lipinski definition) is 1. The van der Waals surface area contributed by atoms with Crippen LogP contribution in [-0.2, 0) is 4.79 Å². The van der Waals surface area contributed by atoms with Crippen LogP contribution in [0.4, 0.5) is 0 Å². The predicted octanol–water partition coefficient (Wildman–Crippen LogP) is 2.63. The Balaban J connectivity index is 2.76. The molecule has 1 amide bonds. The number of rotatable bonds is 6. The number of nitrogens with two attached hydrogens (primary N) is 1. The van der Waals surface area contributed by atoms with Gasteiger partial charge in [-0.25, -0.2) is 0 Å². The van der Waals surface area contributed by atoms with Gasteiger partial charge in [0, 0.05) is 11.1 Å². The third-order valence-corrected chi connectivity index (χ3v) is 3.05. The molecule has 0 bridgehead atoms. The van der Waals surface area contributed by atoms with Crippen molar-refractivity contribution in [1.29, 1.82) is 0 Å². The summed E-state index contributed by atoms with van der Waals surface area (Å²) in [6.07, 6.45) is -0.634. The van der Waals surface area contributed by atoms with E-state index in [-0.39, 0.29) is 23.5 Å². The van der Waals surface area contributed by atoms with Crippen molar-refractivity contribution >= 4 is 34.7 Å². The quantitative estimate of drug-likeness (QED) is 0.820. The Hall–Kier alpha value is -1.33. The first-order chi connectivity index (χ1) is 9.31. The highest BCUT2D eigenvalue weighted by Gasteiger charge is 2.24. The van der Waals surface area contributed by atoms with E-state index in [4.69, 9.17) is 34.3 Å². The second kappa shape index (κ2) is 7.45. The van der Waals surface area contributed by atoms with E-state index >= 15 is 0 Å². The number of carbonyl (C=O) groups is 1. The summed E-state index contributed by atoms with van der Waals surface area (Å²) in [4.78, 5) is 14.2. The Bertz CT molecular complexity index is 494. The van der Waals surface area contributed by atoms with Crippen molar-refractivity contribution < 1.29 is 9.53 Å². The number of amides is 1. The number of benzene rings is 1. The Kier molecular flexibility index (Phi) is 6.23. The lowest BCUT2D eigenvalue weighted by Gasteiger charge is -2.29. The van der Waals surface area contributed by atoms with E-state index in [0.717, 1.165) is 0 Å². The fourth-order valence-corrected chi connectivity index (χ4v) is 2.03. The van der Waals surface area contributed by atoms with Gasteiger partial charge in [-0.1, -0.05) is 29.9 Å². The third kappa shape index (κ3) is 4.98. The molecule has 0 heterocycles. The van der Waals surface area contributed by atoms with Gasteiger partial charge < -0.3 is 15.4 Å². The monoisotopic (exact) mass is 314 g/mol. The molecule has 0 aromatic heterocycles. The zero-order valence-electron chi connectivity index (χ0n) is 11.8. The minimum Gasteiger partial charge on any atom is -0.481 e. The zero-order valence-corrected chi connectivity index (χ0v) is 13.4. The van der Waals surface area contributed by atoms with Gasteiger partial charge in [-0.15, -0.1) is 0 Å². The van der Waals surface area contributed by atoms with Crippen LogP contribution in [0, 0.1) is 0 Å². The van der Waals surface area contributed by atoms with E-state index in [1.165, 1.54) is 0 Å². The van der Waals surface area contributed by atoms with Gasteiger partial charge in [0.2, 0.25) is 0 Å². The van der Waals surface area contributed by atoms with Gasteiger partial charge in [-0.05, 0) is 39.0 Å². The van der Waals surface area contributed by atoms with E-state index in [1.807, 2.05) is 13.8 Å². The van der Waals surface area contributed by atoms with Crippen molar-refractivity contribution in [3.63, 3.8) is 0 Å². The van der Waals surface area contributed by atoms with E-state index in [1.54, 1.807) is 36.1 Å². The van der Waals surface area contributed by atoms with Crippen LogP contribution in [0.5, 0.6) is 5.75 Å². The van der Waals surface area contributed by atoms with Crippen molar-refractivity contribution in [3.05, 3.63) is 29.3 Å². The first-order valence-electron chi connectivity index (χ1n) is 6.32. The molecule has 0 aliphatic heterocycles. The summed E-state index contributed by atoms with van der Waals surface area (Å²) < 4.78 is 5.61. The van der Waals surface area contributed by atoms with E-state index in [0.29, 0.717) is 10.8 Å². The number of carbonyl (C=O) groups excluding carboxylic acids is 1. The molecule has 20 heavy (non-hydrogen) atoms. The van der Waals surface area contributed by atoms with Crippen molar-refractivity contribution in [2.75, 3.05) is 6.54 Å².